The summed E-state index contributed by atoms with van der Waals surface area (Å²) in [5, 5.41) is 8.23. The minimum atomic E-state index is -4.31. The van der Waals surface area contributed by atoms with Crippen molar-refractivity contribution in [2.24, 2.45) is 0 Å². The normalized spacial score (nSPS) is 15.8. The Hall–Kier alpha value is -2.85. The molecule has 39 heavy (non-hydrogen) atoms. The minimum Gasteiger partial charge on any atom is -0.493 e. The Labute approximate surface area is 232 Å². The molecule has 1 amide bonds. The second-order valence-electron chi connectivity index (χ2n) is 9.54. The lowest BCUT2D eigenvalue weighted by atomic mass is 9.92. The highest BCUT2D eigenvalue weighted by Gasteiger charge is 2.35. The summed E-state index contributed by atoms with van der Waals surface area (Å²) in [4.78, 5) is 12.8. The van der Waals surface area contributed by atoms with Crippen molar-refractivity contribution < 1.29 is 31.5 Å². The van der Waals surface area contributed by atoms with Crippen LogP contribution < -0.4 is 10.1 Å². The lowest BCUT2D eigenvalue weighted by Gasteiger charge is -2.28. The molecular formula is C27H26Cl2F5N3O2. The van der Waals surface area contributed by atoms with Gasteiger partial charge in [-0.25, -0.2) is 13.5 Å². The molecule has 0 radical (unpaired) electrons. The van der Waals surface area contributed by atoms with Gasteiger partial charge in [0.25, 0.3) is 0 Å². The molecule has 5 nitrogen and oxygen atoms in total. The first-order chi connectivity index (χ1) is 18.3. The van der Waals surface area contributed by atoms with Gasteiger partial charge in [0.05, 0.1) is 41.5 Å². The van der Waals surface area contributed by atoms with Crippen molar-refractivity contribution in [3.05, 3.63) is 63.8 Å². The van der Waals surface area contributed by atoms with Crippen molar-refractivity contribution in [2.45, 2.75) is 63.6 Å². The Bertz CT molecular complexity index is 1320. The summed E-state index contributed by atoms with van der Waals surface area (Å²) in [7, 11) is 0. The molecule has 0 atom stereocenters. The highest BCUT2D eigenvalue weighted by molar-refractivity contribution is 6.35. The van der Waals surface area contributed by atoms with Gasteiger partial charge in [-0.3, -0.25) is 4.79 Å². The van der Waals surface area contributed by atoms with Gasteiger partial charge in [-0.2, -0.15) is 18.3 Å². The molecule has 3 aromatic rings. The highest BCUT2D eigenvalue weighted by atomic mass is 35.5. The lowest BCUT2D eigenvalue weighted by molar-refractivity contribution is -0.139. The Balaban J connectivity index is 1.59. The van der Waals surface area contributed by atoms with Gasteiger partial charge in [0.15, 0.2) is 0 Å². The summed E-state index contributed by atoms with van der Waals surface area (Å²) in [6, 6.07) is 11.0. The fourth-order valence-corrected chi connectivity index (χ4v) is 4.97. The SMILES string of the molecule is Cc1c(CC(=O)NC2CCC(F)(F)CC2)nn(-c2ccc(Cl)cc2Cl)c1-c1ccc(OCCC(F)(F)F)cc1. The van der Waals surface area contributed by atoms with Crippen molar-refractivity contribution in [3.63, 3.8) is 0 Å². The van der Waals surface area contributed by atoms with Crippen LogP contribution in [0.25, 0.3) is 16.9 Å². The van der Waals surface area contributed by atoms with Gasteiger partial charge < -0.3 is 10.1 Å². The van der Waals surface area contributed by atoms with Crippen LogP contribution in [0.1, 0.15) is 43.4 Å². The summed E-state index contributed by atoms with van der Waals surface area (Å²) in [6.07, 6.45) is -5.58. The van der Waals surface area contributed by atoms with Crippen molar-refractivity contribution in [1.29, 1.82) is 0 Å². The molecule has 210 valence electrons. The van der Waals surface area contributed by atoms with E-state index in [4.69, 9.17) is 27.9 Å². The number of halogens is 7. The summed E-state index contributed by atoms with van der Waals surface area (Å²) in [5.41, 5.74) is 2.92. The van der Waals surface area contributed by atoms with Crippen LogP contribution in [0.4, 0.5) is 22.0 Å². The summed E-state index contributed by atoms with van der Waals surface area (Å²) in [5.74, 6) is -2.75. The fourth-order valence-electron chi connectivity index (χ4n) is 4.48. The van der Waals surface area contributed by atoms with Crippen LogP contribution in [0.3, 0.4) is 0 Å². The standard InChI is InChI=1S/C27H26Cl2F5N3O2/c1-16-22(15-24(38)35-19-8-10-26(30,31)11-9-19)36-37(23-7-4-18(28)14-21(23)29)25(16)17-2-5-20(6-3-17)39-13-12-27(32,33)34/h2-7,14,19H,8-13,15H2,1H3,(H,35,38). The van der Waals surface area contributed by atoms with Crippen molar-refractivity contribution in [1.82, 2.24) is 15.1 Å². The number of carbonyl (C=O) groups excluding carboxylic acids is 1. The fraction of sp³-hybridized carbons (Fsp3) is 0.407. The number of nitrogens with one attached hydrogen (secondary N) is 1. The molecule has 12 heteroatoms. The molecule has 0 bridgehead atoms. The van der Waals surface area contributed by atoms with Crippen LogP contribution in [-0.4, -0.2) is 40.4 Å². The van der Waals surface area contributed by atoms with E-state index < -0.39 is 25.1 Å². The third-order valence-electron chi connectivity index (χ3n) is 6.55. The third kappa shape index (κ3) is 7.63. The number of carbonyl (C=O) groups is 1. The maximum absolute atomic E-state index is 13.5. The van der Waals surface area contributed by atoms with Gasteiger partial charge in [-0.1, -0.05) is 23.2 Å². The average Bonchev–Trinajstić information content (AvgIpc) is 3.15. The van der Waals surface area contributed by atoms with Crippen LogP contribution in [-0.2, 0) is 11.2 Å². The second kappa shape index (κ2) is 11.7. The Kier molecular flexibility index (Phi) is 8.75. The molecular weight excluding hydrogens is 564 g/mol. The molecule has 1 heterocycles. The van der Waals surface area contributed by atoms with E-state index in [-0.39, 0.29) is 49.8 Å². The lowest BCUT2D eigenvalue weighted by Crippen LogP contribution is -2.41. The minimum absolute atomic E-state index is 0.0808. The topological polar surface area (TPSA) is 56.2 Å². The number of amides is 1. The zero-order valence-electron chi connectivity index (χ0n) is 20.9. The number of benzene rings is 2. The summed E-state index contributed by atoms with van der Waals surface area (Å²) in [6.45, 7) is 1.29. The quantitative estimate of drug-likeness (QED) is 0.274. The van der Waals surface area contributed by atoms with Gasteiger partial charge in [0.2, 0.25) is 11.8 Å². The van der Waals surface area contributed by atoms with E-state index in [0.717, 1.165) is 0 Å². The van der Waals surface area contributed by atoms with Crippen molar-refractivity contribution in [3.8, 4) is 22.7 Å². The van der Waals surface area contributed by atoms with E-state index in [9.17, 15) is 26.7 Å². The molecule has 2 aromatic carbocycles. The van der Waals surface area contributed by atoms with E-state index in [2.05, 4.69) is 10.4 Å². The predicted molar refractivity (Wildman–Crippen MR) is 139 cm³/mol. The zero-order chi connectivity index (χ0) is 28.4. The van der Waals surface area contributed by atoms with E-state index in [0.29, 0.717) is 38.2 Å². The first-order valence-electron chi connectivity index (χ1n) is 12.3. The molecule has 1 aliphatic rings. The number of alkyl halides is 5. The van der Waals surface area contributed by atoms with E-state index in [1.807, 2.05) is 0 Å². The van der Waals surface area contributed by atoms with Crippen LogP contribution in [0, 0.1) is 6.92 Å². The maximum Gasteiger partial charge on any atom is 0.392 e. The van der Waals surface area contributed by atoms with Gasteiger partial charge in [0.1, 0.15) is 5.75 Å². The summed E-state index contributed by atoms with van der Waals surface area (Å²) >= 11 is 12.5. The number of hydrogen-bond donors (Lipinski definition) is 1. The molecule has 4 rings (SSSR count). The van der Waals surface area contributed by atoms with Crippen LogP contribution >= 0.6 is 23.2 Å². The molecule has 0 unspecified atom stereocenters. The molecule has 1 fully saturated rings. The van der Waals surface area contributed by atoms with Crippen LogP contribution in [0.15, 0.2) is 42.5 Å². The number of nitrogens with zero attached hydrogens (tertiary/aromatic N) is 2. The average molecular weight is 590 g/mol. The third-order valence-corrected chi connectivity index (χ3v) is 7.09. The molecule has 0 spiro atoms. The van der Waals surface area contributed by atoms with E-state index in [1.165, 1.54) is 0 Å². The largest absolute Gasteiger partial charge is 0.493 e. The molecule has 1 aliphatic carbocycles. The van der Waals surface area contributed by atoms with E-state index in [1.54, 1.807) is 54.1 Å². The van der Waals surface area contributed by atoms with Gasteiger partial charge in [-0.15, -0.1) is 0 Å². The van der Waals surface area contributed by atoms with Gasteiger partial charge in [-0.05, 0) is 67.8 Å². The van der Waals surface area contributed by atoms with Crippen LogP contribution in [0.5, 0.6) is 5.75 Å². The second-order valence-corrected chi connectivity index (χ2v) is 10.4. The first-order valence-corrected chi connectivity index (χ1v) is 13.1. The maximum atomic E-state index is 13.5. The highest BCUT2D eigenvalue weighted by Crippen LogP contribution is 2.35. The monoisotopic (exact) mass is 589 g/mol. The predicted octanol–water partition coefficient (Wildman–Crippen LogP) is 7.72. The Morgan fingerprint density at radius 3 is 2.41 bits per heavy atom. The molecule has 0 saturated heterocycles. The number of aromatic nitrogens is 2. The van der Waals surface area contributed by atoms with Gasteiger partial charge in [0, 0.05) is 29.5 Å². The molecule has 1 saturated carbocycles. The van der Waals surface area contributed by atoms with Gasteiger partial charge >= 0.3 is 6.18 Å². The molecule has 0 aliphatic heterocycles. The van der Waals surface area contributed by atoms with E-state index >= 15 is 0 Å². The number of hydrogen-bond acceptors (Lipinski definition) is 3. The number of rotatable bonds is 8. The first kappa shape index (κ1) is 29.1. The van der Waals surface area contributed by atoms with Crippen molar-refractivity contribution >= 4 is 29.1 Å². The van der Waals surface area contributed by atoms with Crippen molar-refractivity contribution in [2.75, 3.05) is 6.61 Å². The summed E-state index contributed by atoms with van der Waals surface area (Å²) < 4.78 is 71.1. The van der Waals surface area contributed by atoms with Crippen LogP contribution in [0.2, 0.25) is 10.0 Å². The zero-order valence-corrected chi connectivity index (χ0v) is 22.4. The smallest absolute Gasteiger partial charge is 0.392 e. The molecule has 1 N–H and O–H groups in total. The number of ether oxygens (including phenoxy) is 1. The molecule has 1 aromatic heterocycles. The Morgan fingerprint density at radius 1 is 1.13 bits per heavy atom. The Morgan fingerprint density at radius 2 is 1.79 bits per heavy atom.